The zero-order valence-electron chi connectivity index (χ0n) is 15.7. The van der Waals surface area contributed by atoms with E-state index in [0.29, 0.717) is 12.5 Å². The van der Waals surface area contributed by atoms with Crippen LogP contribution in [-0.2, 0) is 6.54 Å². The van der Waals surface area contributed by atoms with Crippen molar-refractivity contribution in [3.8, 4) is 5.75 Å². The third-order valence-electron chi connectivity index (χ3n) is 5.08. The van der Waals surface area contributed by atoms with E-state index in [2.05, 4.69) is 37.5 Å². The number of aromatic nitrogens is 3. The molecule has 7 heteroatoms. The smallest absolute Gasteiger partial charge is 0.194 e. The molecule has 0 bridgehead atoms. The van der Waals surface area contributed by atoms with Crippen LogP contribution >= 0.6 is 0 Å². The van der Waals surface area contributed by atoms with Crippen molar-refractivity contribution in [2.24, 2.45) is 4.99 Å². The van der Waals surface area contributed by atoms with Crippen molar-refractivity contribution >= 4 is 11.6 Å². The molecule has 1 N–H and O–H groups in total. The zero-order chi connectivity index (χ0) is 18.6. The van der Waals surface area contributed by atoms with Crippen LogP contribution in [-0.4, -0.2) is 52.7 Å². The predicted octanol–water partition coefficient (Wildman–Crippen LogP) is 2.30. The van der Waals surface area contributed by atoms with Crippen molar-refractivity contribution in [1.29, 1.82) is 0 Å². The molecule has 0 radical (unpaired) electrons. The molecule has 0 aliphatic carbocycles. The highest BCUT2D eigenvalue weighted by Gasteiger charge is 2.26. The summed E-state index contributed by atoms with van der Waals surface area (Å²) in [4.78, 5) is 6.76. The highest BCUT2D eigenvalue weighted by Crippen LogP contribution is 2.28. The summed E-state index contributed by atoms with van der Waals surface area (Å²) in [5, 5.41) is 11.9. The molecule has 1 fully saturated rings. The van der Waals surface area contributed by atoms with E-state index in [1.807, 2.05) is 48.0 Å². The first-order chi connectivity index (χ1) is 13.3. The minimum absolute atomic E-state index is 0.503. The molecule has 0 spiro atoms. The van der Waals surface area contributed by atoms with Gasteiger partial charge in [-0.05, 0) is 36.2 Å². The van der Waals surface area contributed by atoms with E-state index in [4.69, 9.17) is 4.74 Å². The Morgan fingerprint density at radius 2 is 2.07 bits per heavy atom. The molecule has 0 saturated carbocycles. The van der Waals surface area contributed by atoms with E-state index in [0.717, 1.165) is 42.7 Å². The maximum absolute atomic E-state index is 5.25. The number of methoxy groups -OCH3 is 1. The average molecular weight is 364 g/mol. The summed E-state index contributed by atoms with van der Waals surface area (Å²) in [5.41, 5.74) is 2.20. The summed E-state index contributed by atoms with van der Waals surface area (Å²) in [6.07, 6.45) is 3.09. The molecule has 1 saturated heterocycles. The molecule has 3 aromatic rings. The van der Waals surface area contributed by atoms with Gasteiger partial charge in [-0.3, -0.25) is 9.39 Å². The van der Waals surface area contributed by atoms with E-state index >= 15 is 0 Å². The lowest BCUT2D eigenvalue weighted by atomic mass is 9.98. The molecular formula is C20H24N6O. The van der Waals surface area contributed by atoms with Gasteiger partial charge in [-0.2, -0.15) is 0 Å². The Labute approximate surface area is 158 Å². The van der Waals surface area contributed by atoms with Crippen LogP contribution in [0.5, 0.6) is 5.75 Å². The minimum atomic E-state index is 0.503. The fourth-order valence-corrected chi connectivity index (χ4v) is 3.60. The lowest BCUT2D eigenvalue weighted by molar-refractivity contribution is 0.414. The second kappa shape index (κ2) is 7.65. The van der Waals surface area contributed by atoms with Crippen LogP contribution in [0.3, 0.4) is 0 Å². The molecule has 7 nitrogen and oxygen atoms in total. The number of likely N-dealkylation sites (tertiary alicyclic amines) is 1. The third kappa shape index (κ3) is 3.58. The fourth-order valence-electron chi connectivity index (χ4n) is 3.60. The second-order valence-electron chi connectivity index (χ2n) is 6.65. The lowest BCUT2D eigenvalue weighted by Gasteiger charge is -2.21. The number of rotatable bonds is 4. The summed E-state index contributed by atoms with van der Waals surface area (Å²) < 4.78 is 7.24. The topological polar surface area (TPSA) is 67.0 Å². The number of hydrogen-bond donors (Lipinski definition) is 1. The number of nitrogens with one attached hydrogen (secondary N) is 1. The Kier molecular flexibility index (Phi) is 4.91. The number of aliphatic imine (C=N–C) groups is 1. The summed E-state index contributed by atoms with van der Waals surface area (Å²) >= 11 is 0. The number of guanidine groups is 1. The highest BCUT2D eigenvalue weighted by molar-refractivity contribution is 5.80. The molecule has 1 aromatic carbocycles. The van der Waals surface area contributed by atoms with Gasteiger partial charge in [0.05, 0.1) is 13.7 Å². The summed E-state index contributed by atoms with van der Waals surface area (Å²) in [6, 6.07) is 14.3. The molecule has 140 valence electrons. The van der Waals surface area contributed by atoms with Crippen LogP contribution in [0.25, 0.3) is 5.65 Å². The first-order valence-electron chi connectivity index (χ1n) is 9.16. The average Bonchev–Trinajstić information content (AvgIpc) is 3.36. The Hall–Kier alpha value is -3.09. The fraction of sp³-hybridized carbons (Fsp3) is 0.350. The maximum atomic E-state index is 5.25. The van der Waals surface area contributed by atoms with Crippen LogP contribution in [0.2, 0.25) is 0 Å². The number of nitrogens with zero attached hydrogens (tertiary/aromatic N) is 5. The van der Waals surface area contributed by atoms with Crippen LogP contribution in [0.1, 0.15) is 23.7 Å². The van der Waals surface area contributed by atoms with Gasteiger partial charge in [0, 0.05) is 32.3 Å². The molecule has 1 aliphatic rings. The quantitative estimate of drug-likeness (QED) is 0.568. The van der Waals surface area contributed by atoms with Gasteiger partial charge in [-0.1, -0.05) is 18.2 Å². The van der Waals surface area contributed by atoms with E-state index in [-0.39, 0.29) is 0 Å². The lowest BCUT2D eigenvalue weighted by Crippen LogP contribution is -2.39. The number of pyridine rings is 1. The van der Waals surface area contributed by atoms with Crippen molar-refractivity contribution in [3.05, 3.63) is 60.0 Å². The molecule has 1 atom stereocenters. The SMILES string of the molecule is CN=C(NCc1nnc2ccccn12)N1CCC(c2ccc(OC)cc2)C1. The Morgan fingerprint density at radius 1 is 1.22 bits per heavy atom. The van der Waals surface area contributed by atoms with Crippen molar-refractivity contribution < 1.29 is 4.74 Å². The van der Waals surface area contributed by atoms with Gasteiger partial charge >= 0.3 is 0 Å². The Bertz CT molecular complexity index is 933. The van der Waals surface area contributed by atoms with Crippen molar-refractivity contribution in [1.82, 2.24) is 24.8 Å². The largest absolute Gasteiger partial charge is 0.497 e. The molecule has 27 heavy (non-hydrogen) atoms. The van der Waals surface area contributed by atoms with Crippen LogP contribution < -0.4 is 10.1 Å². The van der Waals surface area contributed by atoms with Crippen LogP contribution in [0.4, 0.5) is 0 Å². The molecule has 4 rings (SSSR count). The molecule has 3 heterocycles. The van der Waals surface area contributed by atoms with Gasteiger partial charge in [0.2, 0.25) is 0 Å². The summed E-state index contributed by atoms with van der Waals surface area (Å²) in [7, 11) is 3.52. The number of ether oxygens (including phenoxy) is 1. The molecule has 0 amide bonds. The zero-order valence-corrected chi connectivity index (χ0v) is 15.7. The van der Waals surface area contributed by atoms with Gasteiger partial charge in [-0.25, -0.2) is 0 Å². The minimum Gasteiger partial charge on any atom is -0.497 e. The van der Waals surface area contributed by atoms with Gasteiger partial charge in [0.1, 0.15) is 5.75 Å². The molecule has 1 unspecified atom stereocenters. The number of fused-ring (bicyclic) bond motifs is 1. The summed E-state index contributed by atoms with van der Waals surface area (Å²) in [6.45, 7) is 2.52. The van der Waals surface area contributed by atoms with Crippen LogP contribution in [0.15, 0.2) is 53.7 Å². The number of hydrogen-bond acceptors (Lipinski definition) is 4. The number of benzene rings is 1. The highest BCUT2D eigenvalue weighted by atomic mass is 16.5. The van der Waals surface area contributed by atoms with Gasteiger partial charge in [-0.15, -0.1) is 10.2 Å². The monoisotopic (exact) mass is 364 g/mol. The van der Waals surface area contributed by atoms with Crippen molar-refractivity contribution in [3.63, 3.8) is 0 Å². The second-order valence-corrected chi connectivity index (χ2v) is 6.65. The first-order valence-corrected chi connectivity index (χ1v) is 9.16. The van der Waals surface area contributed by atoms with Gasteiger partial charge < -0.3 is 15.0 Å². The standard InChI is InChI=1S/C20H24N6O/c1-21-20(22-13-19-24-23-18-5-3-4-11-26(18)19)25-12-10-16(14-25)15-6-8-17(27-2)9-7-15/h3-9,11,16H,10,12-14H2,1-2H3,(H,21,22). The van der Waals surface area contributed by atoms with Crippen LogP contribution in [0, 0.1) is 0 Å². The Balaban J connectivity index is 1.40. The van der Waals surface area contributed by atoms with Gasteiger partial charge in [0.15, 0.2) is 17.4 Å². The first kappa shape index (κ1) is 17.3. The normalized spacial score (nSPS) is 17.5. The van der Waals surface area contributed by atoms with Crippen molar-refractivity contribution in [2.75, 3.05) is 27.2 Å². The molecule has 2 aromatic heterocycles. The van der Waals surface area contributed by atoms with E-state index < -0.39 is 0 Å². The van der Waals surface area contributed by atoms with E-state index in [9.17, 15) is 0 Å². The molecular weight excluding hydrogens is 340 g/mol. The predicted molar refractivity (Wildman–Crippen MR) is 105 cm³/mol. The maximum Gasteiger partial charge on any atom is 0.194 e. The van der Waals surface area contributed by atoms with E-state index in [1.54, 1.807) is 7.11 Å². The Morgan fingerprint density at radius 3 is 2.85 bits per heavy atom. The van der Waals surface area contributed by atoms with Gasteiger partial charge in [0.25, 0.3) is 0 Å². The third-order valence-corrected chi connectivity index (χ3v) is 5.08. The van der Waals surface area contributed by atoms with E-state index in [1.165, 1.54) is 5.56 Å². The summed E-state index contributed by atoms with van der Waals surface area (Å²) in [5.74, 6) is 3.17. The molecule has 1 aliphatic heterocycles. The van der Waals surface area contributed by atoms with Crippen molar-refractivity contribution in [2.45, 2.75) is 18.9 Å².